The summed E-state index contributed by atoms with van der Waals surface area (Å²) in [4.78, 5) is 13.5. The number of hydrogen-bond acceptors (Lipinski definition) is 3. The molecule has 0 bridgehead atoms. The van der Waals surface area contributed by atoms with Gasteiger partial charge in [0.1, 0.15) is 0 Å². The summed E-state index contributed by atoms with van der Waals surface area (Å²) in [5.74, 6) is -0.0398. The topological polar surface area (TPSA) is 66.6 Å². The number of hydrogen-bond donors (Lipinski definition) is 2. The molecule has 0 aromatic heterocycles. The number of halogens is 1. The van der Waals surface area contributed by atoms with Crippen molar-refractivity contribution in [3.63, 3.8) is 0 Å². The van der Waals surface area contributed by atoms with Crippen molar-refractivity contribution in [3.8, 4) is 0 Å². The lowest BCUT2D eigenvalue weighted by atomic mass is 9.87. The van der Waals surface area contributed by atoms with E-state index in [0.29, 0.717) is 5.02 Å². The summed E-state index contributed by atoms with van der Waals surface area (Å²) in [6, 6.07) is 7.17. The third-order valence-electron chi connectivity index (χ3n) is 4.39. The van der Waals surface area contributed by atoms with Crippen LogP contribution >= 0.6 is 11.6 Å². The van der Waals surface area contributed by atoms with Crippen LogP contribution in [0, 0.1) is 5.92 Å². The van der Waals surface area contributed by atoms with Gasteiger partial charge < -0.3 is 10.8 Å². The van der Waals surface area contributed by atoms with Gasteiger partial charge in [-0.05, 0) is 56.0 Å². The average molecular weight is 311 g/mol. The number of primary amides is 1. The van der Waals surface area contributed by atoms with Crippen LogP contribution in [0.25, 0.3) is 0 Å². The van der Waals surface area contributed by atoms with Gasteiger partial charge >= 0.3 is 0 Å². The van der Waals surface area contributed by atoms with Gasteiger partial charge in [-0.15, -0.1) is 0 Å². The molecule has 1 aliphatic rings. The second kappa shape index (κ2) is 7.25. The van der Waals surface area contributed by atoms with E-state index in [1.165, 1.54) is 0 Å². The molecule has 4 nitrogen and oxygen atoms in total. The molecular formula is C16H23ClN2O2. The number of carbonyl (C=O) groups is 1. The number of rotatable bonds is 5. The lowest BCUT2D eigenvalue weighted by molar-refractivity contribution is -0.124. The predicted molar refractivity (Wildman–Crippen MR) is 84.0 cm³/mol. The molecule has 1 aliphatic heterocycles. The standard InChI is InChI=1S/C16H23ClN2O2/c1-2-14(16(18)21)19-9-7-12(8-10-19)15(20)11-3-5-13(17)6-4-11/h3-6,12,14-15,20H,2,7-10H2,1H3,(H2,18,21). The number of benzene rings is 1. The molecule has 2 unspecified atom stereocenters. The molecule has 21 heavy (non-hydrogen) atoms. The van der Waals surface area contributed by atoms with Crippen LogP contribution in [0.2, 0.25) is 5.02 Å². The summed E-state index contributed by atoms with van der Waals surface area (Å²) in [6.45, 7) is 3.58. The van der Waals surface area contributed by atoms with Gasteiger partial charge in [0.2, 0.25) is 5.91 Å². The highest BCUT2D eigenvalue weighted by molar-refractivity contribution is 6.30. The Morgan fingerprint density at radius 2 is 1.95 bits per heavy atom. The quantitative estimate of drug-likeness (QED) is 0.877. The number of aliphatic hydroxyl groups is 1. The Bertz CT molecular complexity index is 470. The fourth-order valence-corrected chi connectivity index (χ4v) is 3.24. The molecule has 1 saturated heterocycles. The second-order valence-corrected chi connectivity index (χ2v) is 6.13. The molecule has 0 saturated carbocycles. The molecule has 1 aromatic carbocycles. The Hall–Kier alpha value is -1.10. The highest BCUT2D eigenvalue weighted by Gasteiger charge is 2.30. The van der Waals surface area contributed by atoms with Gasteiger partial charge in [-0.1, -0.05) is 30.7 Å². The fourth-order valence-electron chi connectivity index (χ4n) is 3.12. The first kappa shape index (κ1) is 16.3. The van der Waals surface area contributed by atoms with Gasteiger partial charge in [0, 0.05) is 5.02 Å². The van der Waals surface area contributed by atoms with Gasteiger partial charge in [-0.3, -0.25) is 9.69 Å². The molecule has 3 N–H and O–H groups in total. The van der Waals surface area contributed by atoms with Crippen LogP contribution in [0.1, 0.15) is 37.9 Å². The van der Waals surface area contributed by atoms with Crippen molar-refractivity contribution in [2.75, 3.05) is 13.1 Å². The Morgan fingerprint density at radius 1 is 1.38 bits per heavy atom. The maximum absolute atomic E-state index is 11.4. The van der Waals surface area contributed by atoms with Gasteiger partial charge in [0.05, 0.1) is 12.1 Å². The first-order valence-corrected chi connectivity index (χ1v) is 7.87. The number of nitrogens with two attached hydrogens (primary N) is 1. The maximum Gasteiger partial charge on any atom is 0.234 e. The molecule has 2 atom stereocenters. The van der Waals surface area contributed by atoms with E-state index in [-0.39, 0.29) is 17.9 Å². The third kappa shape index (κ3) is 3.96. The van der Waals surface area contributed by atoms with Crippen LogP contribution in [0.3, 0.4) is 0 Å². The van der Waals surface area contributed by atoms with E-state index < -0.39 is 6.10 Å². The van der Waals surface area contributed by atoms with Crippen molar-refractivity contribution < 1.29 is 9.90 Å². The molecule has 0 spiro atoms. The largest absolute Gasteiger partial charge is 0.388 e. The minimum Gasteiger partial charge on any atom is -0.388 e. The molecule has 1 amide bonds. The summed E-state index contributed by atoms with van der Waals surface area (Å²) in [6.07, 6.45) is 2.00. The van der Waals surface area contributed by atoms with E-state index in [2.05, 4.69) is 4.90 Å². The predicted octanol–water partition coefficient (Wildman–Crippen LogP) is 2.35. The van der Waals surface area contributed by atoms with Crippen molar-refractivity contribution in [1.82, 2.24) is 4.90 Å². The number of likely N-dealkylation sites (tertiary alicyclic amines) is 1. The van der Waals surface area contributed by atoms with Gasteiger partial charge in [0.15, 0.2) is 0 Å². The zero-order valence-corrected chi connectivity index (χ0v) is 13.1. The van der Waals surface area contributed by atoms with Crippen molar-refractivity contribution in [2.45, 2.75) is 38.3 Å². The fraction of sp³-hybridized carbons (Fsp3) is 0.562. The Labute approximate surface area is 130 Å². The van der Waals surface area contributed by atoms with Crippen molar-refractivity contribution >= 4 is 17.5 Å². The van der Waals surface area contributed by atoms with Gasteiger partial charge in [-0.2, -0.15) is 0 Å². The lowest BCUT2D eigenvalue weighted by Gasteiger charge is -2.37. The molecule has 1 fully saturated rings. The summed E-state index contributed by atoms with van der Waals surface area (Å²) < 4.78 is 0. The summed E-state index contributed by atoms with van der Waals surface area (Å²) in [5.41, 5.74) is 6.34. The van der Waals surface area contributed by atoms with Gasteiger partial charge in [-0.25, -0.2) is 0 Å². The number of amides is 1. The molecule has 1 heterocycles. The molecule has 0 radical (unpaired) electrons. The van der Waals surface area contributed by atoms with Crippen LogP contribution in [-0.2, 0) is 4.79 Å². The van der Waals surface area contributed by atoms with Crippen LogP contribution in [-0.4, -0.2) is 35.0 Å². The van der Waals surface area contributed by atoms with E-state index >= 15 is 0 Å². The monoisotopic (exact) mass is 310 g/mol. The lowest BCUT2D eigenvalue weighted by Crippen LogP contribution is -2.48. The van der Waals surface area contributed by atoms with Crippen molar-refractivity contribution in [1.29, 1.82) is 0 Å². The van der Waals surface area contributed by atoms with E-state index in [1.807, 2.05) is 19.1 Å². The minimum atomic E-state index is -0.474. The zero-order valence-electron chi connectivity index (χ0n) is 12.3. The molecule has 116 valence electrons. The van der Waals surface area contributed by atoms with Crippen molar-refractivity contribution in [3.05, 3.63) is 34.9 Å². The normalized spacial score (nSPS) is 20.1. The Kier molecular flexibility index (Phi) is 5.62. The molecule has 2 rings (SSSR count). The van der Waals surface area contributed by atoms with Crippen LogP contribution in [0.4, 0.5) is 0 Å². The Balaban J connectivity index is 1.94. The van der Waals surface area contributed by atoms with E-state index in [9.17, 15) is 9.90 Å². The van der Waals surface area contributed by atoms with Crippen molar-refractivity contribution in [2.24, 2.45) is 11.7 Å². The summed E-state index contributed by atoms with van der Waals surface area (Å²) in [5, 5.41) is 11.1. The second-order valence-electron chi connectivity index (χ2n) is 5.70. The molecule has 1 aromatic rings. The van der Waals surface area contributed by atoms with E-state index in [0.717, 1.165) is 37.9 Å². The summed E-state index contributed by atoms with van der Waals surface area (Å²) in [7, 11) is 0. The summed E-state index contributed by atoms with van der Waals surface area (Å²) >= 11 is 5.87. The number of piperidine rings is 1. The zero-order chi connectivity index (χ0) is 15.4. The smallest absolute Gasteiger partial charge is 0.234 e. The number of aliphatic hydroxyl groups excluding tert-OH is 1. The molecular weight excluding hydrogens is 288 g/mol. The first-order valence-electron chi connectivity index (χ1n) is 7.49. The van der Waals surface area contributed by atoms with Gasteiger partial charge in [0.25, 0.3) is 0 Å². The highest BCUT2D eigenvalue weighted by atomic mass is 35.5. The highest BCUT2D eigenvalue weighted by Crippen LogP contribution is 2.32. The SMILES string of the molecule is CCC(C(N)=O)N1CCC(C(O)c2ccc(Cl)cc2)CC1. The maximum atomic E-state index is 11.4. The Morgan fingerprint density at radius 3 is 2.43 bits per heavy atom. The number of nitrogens with zero attached hydrogens (tertiary/aromatic N) is 1. The average Bonchev–Trinajstić information content (AvgIpc) is 2.48. The van der Waals surface area contributed by atoms with E-state index in [1.54, 1.807) is 12.1 Å². The van der Waals surface area contributed by atoms with Crippen LogP contribution in [0.15, 0.2) is 24.3 Å². The number of carbonyl (C=O) groups excluding carboxylic acids is 1. The minimum absolute atomic E-state index is 0.182. The van der Waals surface area contributed by atoms with Crippen LogP contribution in [0.5, 0.6) is 0 Å². The molecule has 0 aliphatic carbocycles. The first-order chi connectivity index (χ1) is 10.0. The van der Waals surface area contributed by atoms with E-state index in [4.69, 9.17) is 17.3 Å². The molecule has 5 heteroatoms. The third-order valence-corrected chi connectivity index (χ3v) is 4.64. The van der Waals surface area contributed by atoms with Crippen LogP contribution < -0.4 is 5.73 Å².